The quantitative estimate of drug-likeness (QED) is 0.829. The van der Waals surface area contributed by atoms with Crippen molar-refractivity contribution in [2.24, 2.45) is 0 Å². The van der Waals surface area contributed by atoms with E-state index in [1.165, 1.54) is 24.3 Å². The highest BCUT2D eigenvalue weighted by molar-refractivity contribution is 8.14. The molecule has 0 aromatic heterocycles. The lowest BCUT2D eigenvalue weighted by Crippen LogP contribution is -2.39. The number of rotatable bonds is 4. The molecular weight excluding hydrogens is 326 g/mol. The van der Waals surface area contributed by atoms with Crippen molar-refractivity contribution in [2.75, 3.05) is 13.2 Å². The number of halogens is 1. The SMILES string of the molecule is O=S(=O)(Cl)c1ccccc1S(=O)(=O)NC1CCOCC1. The van der Waals surface area contributed by atoms with Crippen LogP contribution in [0.25, 0.3) is 0 Å². The zero-order chi connectivity index (χ0) is 14.8. The second-order valence-corrected chi connectivity index (χ2v) is 8.61. The topological polar surface area (TPSA) is 89.5 Å². The molecule has 0 bridgehead atoms. The Labute approximate surface area is 122 Å². The minimum atomic E-state index is -4.13. The maximum Gasteiger partial charge on any atom is 0.262 e. The van der Waals surface area contributed by atoms with E-state index in [0.29, 0.717) is 26.1 Å². The van der Waals surface area contributed by atoms with Crippen LogP contribution in [0.2, 0.25) is 0 Å². The summed E-state index contributed by atoms with van der Waals surface area (Å²) in [7, 11) is -2.80. The highest BCUT2D eigenvalue weighted by atomic mass is 35.7. The molecule has 1 fully saturated rings. The molecule has 0 saturated carbocycles. The Hall–Kier alpha value is -0.670. The largest absolute Gasteiger partial charge is 0.381 e. The monoisotopic (exact) mass is 339 g/mol. The zero-order valence-electron chi connectivity index (χ0n) is 10.5. The third-order valence-corrected chi connectivity index (χ3v) is 6.03. The van der Waals surface area contributed by atoms with Crippen LogP contribution in [-0.2, 0) is 23.8 Å². The van der Waals surface area contributed by atoms with Crippen LogP contribution in [0, 0.1) is 0 Å². The Kier molecular flexibility index (Phi) is 4.70. The summed E-state index contributed by atoms with van der Waals surface area (Å²) in [5.41, 5.74) is 0. The standard InChI is InChI=1S/C11H14ClNO5S2/c12-19(14,15)10-3-1-2-4-11(10)20(16,17)13-9-5-7-18-8-6-9/h1-4,9,13H,5-8H2. The molecule has 2 rings (SSSR count). The normalized spacial score (nSPS) is 18.1. The van der Waals surface area contributed by atoms with E-state index in [1.807, 2.05) is 0 Å². The number of nitrogens with one attached hydrogen (secondary N) is 1. The second kappa shape index (κ2) is 5.98. The summed E-state index contributed by atoms with van der Waals surface area (Å²) in [6.07, 6.45) is 1.10. The average molecular weight is 340 g/mol. The molecule has 20 heavy (non-hydrogen) atoms. The van der Waals surface area contributed by atoms with Gasteiger partial charge in [0.05, 0.1) is 0 Å². The fraction of sp³-hybridized carbons (Fsp3) is 0.455. The van der Waals surface area contributed by atoms with Crippen molar-refractivity contribution < 1.29 is 21.6 Å². The van der Waals surface area contributed by atoms with Gasteiger partial charge < -0.3 is 4.74 Å². The van der Waals surface area contributed by atoms with E-state index in [-0.39, 0.29) is 10.9 Å². The third kappa shape index (κ3) is 3.70. The zero-order valence-corrected chi connectivity index (χ0v) is 12.8. The molecule has 0 spiro atoms. The van der Waals surface area contributed by atoms with Gasteiger partial charge in [0.15, 0.2) is 0 Å². The number of hydrogen-bond acceptors (Lipinski definition) is 5. The van der Waals surface area contributed by atoms with Gasteiger partial charge in [-0.15, -0.1) is 0 Å². The van der Waals surface area contributed by atoms with Crippen molar-refractivity contribution in [3.05, 3.63) is 24.3 Å². The lowest BCUT2D eigenvalue weighted by molar-refractivity contribution is 0.0832. The van der Waals surface area contributed by atoms with Gasteiger partial charge in [-0.25, -0.2) is 21.6 Å². The molecular formula is C11H14ClNO5S2. The van der Waals surface area contributed by atoms with Gasteiger partial charge in [-0.3, -0.25) is 0 Å². The lowest BCUT2D eigenvalue weighted by atomic mass is 10.1. The average Bonchev–Trinajstić information content (AvgIpc) is 2.38. The number of sulfonamides is 1. The van der Waals surface area contributed by atoms with Crippen molar-refractivity contribution in [1.82, 2.24) is 4.72 Å². The van der Waals surface area contributed by atoms with Gasteiger partial charge in [-0.2, -0.15) is 0 Å². The first-order valence-corrected chi connectivity index (χ1v) is 9.74. The fourth-order valence-electron chi connectivity index (χ4n) is 1.97. The molecule has 112 valence electrons. The molecule has 0 atom stereocenters. The van der Waals surface area contributed by atoms with Crippen LogP contribution in [0.1, 0.15) is 12.8 Å². The summed E-state index contributed by atoms with van der Waals surface area (Å²) in [6.45, 7) is 0.950. The van der Waals surface area contributed by atoms with E-state index in [4.69, 9.17) is 15.4 Å². The predicted molar refractivity (Wildman–Crippen MR) is 73.6 cm³/mol. The molecule has 0 aliphatic carbocycles. The van der Waals surface area contributed by atoms with E-state index in [1.54, 1.807) is 0 Å². The van der Waals surface area contributed by atoms with Gasteiger partial charge >= 0.3 is 0 Å². The van der Waals surface area contributed by atoms with Crippen LogP contribution in [0.4, 0.5) is 0 Å². The van der Waals surface area contributed by atoms with Crippen molar-refractivity contribution in [3.8, 4) is 0 Å². The van der Waals surface area contributed by atoms with Crippen LogP contribution in [0.15, 0.2) is 34.1 Å². The first kappa shape index (κ1) is 15.7. The Bertz CT molecular complexity index is 681. The summed E-state index contributed by atoms with van der Waals surface area (Å²) in [6, 6.07) is 4.99. The molecule has 1 heterocycles. The highest BCUT2D eigenvalue weighted by Gasteiger charge is 2.27. The van der Waals surface area contributed by atoms with Crippen LogP contribution >= 0.6 is 10.7 Å². The van der Waals surface area contributed by atoms with Gasteiger partial charge in [0.2, 0.25) is 10.0 Å². The number of ether oxygens (including phenoxy) is 1. The molecule has 0 unspecified atom stereocenters. The molecule has 1 aromatic carbocycles. The molecule has 1 aliphatic heterocycles. The Morgan fingerprint density at radius 2 is 1.60 bits per heavy atom. The van der Waals surface area contributed by atoms with Crippen molar-refractivity contribution in [2.45, 2.75) is 28.7 Å². The van der Waals surface area contributed by atoms with E-state index >= 15 is 0 Å². The number of hydrogen-bond donors (Lipinski definition) is 1. The first-order chi connectivity index (χ1) is 9.31. The van der Waals surface area contributed by atoms with Crippen molar-refractivity contribution in [1.29, 1.82) is 0 Å². The van der Waals surface area contributed by atoms with Crippen LogP contribution in [0.3, 0.4) is 0 Å². The molecule has 0 radical (unpaired) electrons. The fourth-order valence-corrected chi connectivity index (χ4v) is 5.11. The van der Waals surface area contributed by atoms with E-state index < -0.39 is 24.0 Å². The maximum absolute atomic E-state index is 12.3. The second-order valence-electron chi connectivity index (χ2n) is 4.39. The molecule has 1 N–H and O–H groups in total. The first-order valence-electron chi connectivity index (χ1n) is 5.94. The smallest absolute Gasteiger partial charge is 0.262 e. The van der Waals surface area contributed by atoms with Gasteiger partial charge in [-0.1, -0.05) is 12.1 Å². The Morgan fingerprint density at radius 3 is 2.15 bits per heavy atom. The Morgan fingerprint density at radius 1 is 1.05 bits per heavy atom. The third-order valence-electron chi connectivity index (χ3n) is 2.94. The van der Waals surface area contributed by atoms with Crippen molar-refractivity contribution >= 4 is 29.8 Å². The van der Waals surface area contributed by atoms with Gasteiger partial charge in [-0.05, 0) is 25.0 Å². The highest BCUT2D eigenvalue weighted by Crippen LogP contribution is 2.24. The predicted octanol–water partition coefficient (Wildman–Crippen LogP) is 1.07. The molecule has 1 saturated heterocycles. The molecule has 1 aromatic rings. The minimum absolute atomic E-state index is 0.264. The summed E-state index contributed by atoms with van der Waals surface area (Å²) >= 11 is 0. The van der Waals surface area contributed by atoms with Crippen LogP contribution < -0.4 is 4.72 Å². The lowest BCUT2D eigenvalue weighted by Gasteiger charge is -2.23. The summed E-state index contributed by atoms with van der Waals surface area (Å²) < 4.78 is 55.1. The summed E-state index contributed by atoms with van der Waals surface area (Å²) in [4.78, 5) is -0.747. The van der Waals surface area contributed by atoms with E-state index in [2.05, 4.69) is 4.72 Å². The Balaban J connectivity index is 2.34. The van der Waals surface area contributed by atoms with Crippen LogP contribution in [0.5, 0.6) is 0 Å². The van der Waals surface area contributed by atoms with Gasteiger partial charge in [0.1, 0.15) is 9.79 Å². The van der Waals surface area contributed by atoms with Crippen molar-refractivity contribution in [3.63, 3.8) is 0 Å². The summed E-state index contributed by atoms with van der Waals surface area (Å²) in [5.74, 6) is 0. The number of benzene rings is 1. The molecule has 1 aliphatic rings. The van der Waals surface area contributed by atoms with Gasteiger partial charge in [0, 0.05) is 29.9 Å². The van der Waals surface area contributed by atoms with Gasteiger partial charge in [0.25, 0.3) is 9.05 Å². The molecule has 6 nitrogen and oxygen atoms in total. The molecule has 9 heteroatoms. The minimum Gasteiger partial charge on any atom is -0.381 e. The van der Waals surface area contributed by atoms with E-state index in [0.717, 1.165) is 0 Å². The summed E-state index contributed by atoms with van der Waals surface area (Å²) in [5, 5.41) is 0. The van der Waals surface area contributed by atoms with E-state index in [9.17, 15) is 16.8 Å². The molecule has 0 amide bonds. The van der Waals surface area contributed by atoms with Crippen LogP contribution in [-0.4, -0.2) is 36.1 Å². The maximum atomic E-state index is 12.3.